The van der Waals surface area contributed by atoms with E-state index in [0.29, 0.717) is 11.3 Å². The molecular formula is C22H24N2O9. The lowest BCUT2D eigenvalue weighted by Gasteiger charge is -2.35. The number of ketones is 1. The van der Waals surface area contributed by atoms with Gasteiger partial charge in [-0.2, -0.15) is 0 Å². The second-order valence-electron chi connectivity index (χ2n) is 8.43. The van der Waals surface area contributed by atoms with Gasteiger partial charge in [-0.3, -0.25) is 24.7 Å². The molecule has 6 atom stereocenters. The SMILES string of the molecule is COC(=O)C1C(C)=NC(C)=C(C(=O)[C@]2(O)CO[C@@H]3[C@H](O)CO[C@@H]32)C1c1cccc([N+](=O)[O-])c1. The average molecular weight is 460 g/mol. The summed E-state index contributed by atoms with van der Waals surface area (Å²) in [6.07, 6.45) is -2.97. The van der Waals surface area contributed by atoms with Crippen LogP contribution in [0.3, 0.4) is 0 Å². The number of nitrogens with zero attached hydrogens (tertiary/aromatic N) is 2. The lowest BCUT2D eigenvalue weighted by atomic mass is 9.71. The summed E-state index contributed by atoms with van der Waals surface area (Å²) < 4.78 is 15.9. The van der Waals surface area contributed by atoms with Crippen LogP contribution in [0.5, 0.6) is 0 Å². The number of rotatable bonds is 5. The number of aliphatic imine (C=N–C) groups is 1. The third-order valence-corrected chi connectivity index (χ3v) is 6.45. The van der Waals surface area contributed by atoms with Crippen molar-refractivity contribution in [2.75, 3.05) is 20.3 Å². The minimum atomic E-state index is -2.13. The first-order valence-corrected chi connectivity index (χ1v) is 10.4. The van der Waals surface area contributed by atoms with Crippen LogP contribution in [0.4, 0.5) is 5.69 Å². The number of hydrogen-bond acceptors (Lipinski definition) is 10. The normalized spacial score (nSPS) is 33.5. The summed E-state index contributed by atoms with van der Waals surface area (Å²) in [5, 5.41) is 32.8. The number of carbonyl (C=O) groups is 2. The van der Waals surface area contributed by atoms with Gasteiger partial charge in [-0.25, -0.2) is 0 Å². The summed E-state index contributed by atoms with van der Waals surface area (Å²) in [4.78, 5) is 41.8. The Morgan fingerprint density at radius 3 is 2.70 bits per heavy atom. The molecule has 0 radical (unpaired) electrons. The van der Waals surface area contributed by atoms with Crippen molar-refractivity contribution in [2.24, 2.45) is 10.9 Å². The average Bonchev–Trinajstić information content (AvgIpc) is 3.33. The summed E-state index contributed by atoms with van der Waals surface area (Å²) in [7, 11) is 1.20. The first-order valence-electron chi connectivity index (χ1n) is 10.4. The zero-order valence-corrected chi connectivity index (χ0v) is 18.3. The predicted molar refractivity (Wildman–Crippen MR) is 113 cm³/mol. The minimum absolute atomic E-state index is 0.00763. The van der Waals surface area contributed by atoms with Gasteiger partial charge in [0.2, 0.25) is 0 Å². The second-order valence-corrected chi connectivity index (χ2v) is 8.43. The molecule has 2 fully saturated rings. The molecule has 4 rings (SSSR count). The number of carbonyl (C=O) groups excluding carboxylic acids is 2. The molecule has 3 heterocycles. The number of Topliss-reactive ketones (excluding diaryl/α,β-unsaturated/α-hetero) is 1. The molecular weight excluding hydrogens is 436 g/mol. The number of fused-ring (bicyclic) bond motifs is 1. The van der Waals surface area contributed by atoms with Crippen molar-refractivity contribution in [1.29, 1.82) is 0 Å². The summed E-state index contributed by atoms with van der Waals surface area (Å²) in [6.45, 7) is 2.66. The Labute approximate surface area is 188 Å². The number of ether oxygens (including phenoxy) is 3. The lowest BCUT2D eigenvalue weighted by Crippen LogP contribution is -2.53. The van der Waals surface area contributed by atoms with Crippen molar-refractivity contribution in [3.8, 4) is 0 Å². The van der Waals surface area contributed by atoms with Crippen molar-refractivity contribution >= 4 is 23.2 Å². The van der Waals surface area contributed by atoms with E-state index in [1.165, 1.54) is 25.3 Å². The van der Waals surface area contributed by atoms with E-state index in [4.69, 9.17) is 14.2 Å². The molecule has 176 valence electrons. The van der Waals surface area contributed by atoms with Gasteiger partial charge in [-0.15, -0.1) is 0 Å². The van der Waals surface area contributed by atoms with Crippen molar-refractivity contribution in [3.05, 3.63) is 51.2 Å². The molecule has 0 aliphatic carbocycles. The Balaban J connectivity index is 1.86. The van der Waals surface area contributed by atoms with E-state index < -0.39 is 59.0 Å². The van der Waals surface area contributed by atoms with Crippen molar-refractivity contribution in [2.45, 2.75) is 43.7 Å². The fraction of sp³-hybridized carbons (Fsp3) is 0.500. The second kappa shape index (κ2) is 8.41. The van der Waals surface area contributed by atoms with Gasteiger partial charge in [0.05, 0.1) is 25.2 Å². The van der Waals surface area contributed by atoms with Crippen molar-refractivity contribution in [1.82, 2.24) is 0 Å². The molecule has 0 bridgehead atoms. The smallest absolute Gasteiger partial charge is 0.315 e. The Hall–Kier alpha value is -2.99. The van der Waals surface area contributed by atoms with Crippen LogP contribution < -0.4 is 0 Å². The standard InChI is InChI=1S/C22H24N2O9/c1-10-15(19(26)22(28)9-33-18-14(25)8-32-20(18)22)17(16(11(2)23-10)21(27)31-3)12-5-4-6-13(7-12)24(29)30/h4-7,14,16-18,20,25,28H,8-9H2,1-3H3/t14-,16?,17?,18-,20+,22-/m1/s1. The predicted octanol–water partition coefficient (Wildman–Crippen LogP) is 0.675. The zero-order valence-electron chi connectivity index (χ0n) is 18.3. The highest BCUT2D eigenvalue weighted by molar-refractivity contribution is 6.11. The van der Waals surface area contributed by atoms with Gasteiger partial charge in [0, 0.05) is 35.0 Å². The van der Waals surface area contributed by atoms with E-state index >= 15 is 0 Å². The maximum atomic E-state index is 13.8. The summed E-state index contributed by atoms with van der Waals surface area (Å²) in [5.41, 5.74) is -1.39. The summed E-state index contributed by atoms with van der Waals surface area (Å²) >= 11 is 0. The molecule has 0 spiro atoms. The van der Waals surface area contributed by atoms with Gasteiger partial charge < -0.3 is 24.4 Å². The number of allylic oxidation sites excluding steroid dienone is 1. The molecule has 0 amide bonds. The molecule has 33 heavy (non-hydrogen) atoms. The number of hydrogen-bond donors (Lipinski definition) is 2. The van der Waals surface area contributed by atoms with Crippen LogP contribution in [0, 0.1) is 16.0 Å². The third-order valence-electron chi connectivity index (χ3n) is 6.45. The highest BCUT2D eigenvalue weighted by Crippen LogP contribution is 2.45. The first-order chi connectivity index (χ1) is 15.6. The quantitative estimate of drug-likeness (QED) is 0.366. The summed E-state index contributed by atoms with van der Waals surface area (Å²) in [5.74, 6) is -3.50. The number of nitro groups is 1. The Morgan fingerprint density at radius 1 is 1.30 bits per heavy atom. The van der Waals surface area contributed by atoms with Crippen LogP contribution in [0.2, 0.25) is 0 Å². The van der Waals surface area contributed by atoms with Crippen LogP contribution in [0.25, 0.3) is 0 Å². The Morgan fingerprint density at radius 2 is 2.03 bits per heavy atom. The third kappa shape index (κ3) is 3.66. The van der Waals surface area contributed by atoms with E-state index in [1.54, 1.807) is 19.9 Å². The zero-order chi connectivity index (χ0) is 24.1. The first kappa shape index (κ1) is 23.2. The largest absolute Gasteiger partial charge is 0.468 e. The van der Waals surface area contributed by atoms with Crippen LogP contribution in [0.1, 0.15) is 25.3 Å². The number of methoxy groups -OCH3 is 1. The molecule has 1 aromatic carbocycles. The molecule has 11 heteroatoms. The molecule has 2 unspecified atom stereocenters. The van der Waals surface area contributed by atoms with Gasteiger partial charge in [0.15, 0.2) is 11.4 Å². The van der Waals surface area contributed by atoms with E-state index in [2.05, 4.69) is 4.99 Å². The Kier molecular flexibility index (Phi) is 5.91. The molecule has 2 saturated heterocycles. The minimum Gasteiger partial charge on any atom is -0.468 e. The lowest BCUT2D eigenvalue weighted by molar-refractivity contribution is -0.384. The van der Waals surface area contributed by atoms with Crippen LogP contribution in [-0.4, -0.2) is 76.8 Å². The highest BCUT2D eigenvalue weighted by atomic mass is 16.6. The maximum Gasteiger partial charge on any atom is 0.315 e. The van der Waals surface area contributed by atoms with Crippen LogP contribution in [-0.2, 0) is 23.8 Å². The van der Waals surface area contributed by atoms with Gasteiger partial charge in [-0.1, -0.05) is 12.1 Å². The monoisotopic (exact) mass is 460 g/mol. The number of nitro benzene ring substituents is 1. The van der Waals surface area contributed by atoms with Gasteiger partial charge >= 0.3 is 5.97 Å². The molecule has 11 nitrogen and oxygen atoms in total. The molecule has 0 saturated carbocycles. The van der Waals surface area contributed by atoms with Crippen LogP contribution >= 0.6 is 0 Å². The molecule has 2 N–H and O–H groups in total. The fourth-order valence-electron chi connectivity index (χ4n) is 4.89. The number of aliphatic hydroxyl groups excluding tert-OH is 1. The molecule has 0 aromatic heterocycles. The van der Waals surface area contributed by atoms with Gasteiger partial charge in [0.1, 0.15) is 24.2 Å². The van der Waals surface area contributed by atoms with E-state index in [9.17, 15) is 29.9 Å². The van der Waals surface area contributed by atoms with E-state index in [-0.39, 0.29) is 23.6 Å². The topological polar surface area (TPSA) is 158 Å². The highest BCUT2D eigenvalue weighted by Gasteiger charge is 2.61. The fourth-order valence-corrected chi connectivity index (χ4v) is 4.89. The van der Waals surface area contributed by atoms with Gasteiger partial charge in [-0.05, 0) is 19.4 Å². The van der Waals surface area contributed by atoms with Gasteiger partial charge in [0.25, 0.3) is 5.69 Å². The van der Waals surface area contributed by atoms with Crippen molar-refractivity contribution in [3.63, 3.8) is 0 Å². The molecule has 1 aromatic rings. The number of non-ortho nitro benzene ring substituents is 1. The summed E-state index contributed by atoms with van der Waals surface area (Å²) in [6, 6.07) is 5.61. The number of aliphatic hydroxyl groups is 2. The molecule has 3 aliphatic heterocycles. The van der Waals surface area contributed by atoms with Crippen LogP contribution in [0.15, 0.2) is 40.5 Å². The maximum absolute atomic E-state index is 13.8. The molecule has 3 aliphatic rings. The Bertz CT molecular complexity index is 1080. The van der Waals surface area contributed by atoms with Crippen molar-refractivity contribution < 1.29 is 38.9 Å². The number of esters is 1. The van der Waals surface area contributed by atoms with E-state index in [1.807, 2.05) is 0 Å². The van der Waals surface area contributed by atoms with E-state index in [0.717, 1.165) is 0 Å². The number of benzene rings is 1.